The van der Waals surface area contributed by atoms with Crippen LogP contribution in [0.25, 0.3) is 11.3 Å². The summed E-state index contributed by atoms with van der Waals surface area (Å²) in [4.78, 5) is 10.8. The van der Waals surface area contributed by atoms with E-state index in [9.17, 15) is 15.4 Å². The molecule has 4 rings (SSSR count). The maximum atomic E-state index is 11.3. The fraction of sp³-hybridized carbons (Fsp3) is 0.100. The van der Waals surface area contributed by atoms with E-state index in [1.54, 1.807) is 25.3 Å². The molecule has 9 heteroatoms. The number of nitrogens with one attached hydrogen (secondary N) is 1. The molecule has 29 heavy (non-hydrogen) atoms. The lowest BCUT2D eigenvalue weighted by atomic mass is 9.83. The number of hydrogen-bond donors (Lipinski definition) is 2. The molecule has 1 aromatic heterocycles. The molecule has 0 fully saturated rings. The SMILES string of the molecule is COc1cccc(-c2[nH]nc3c2[C@H](c2cccc([N+](=O)[O-])c2)C(C#N)=C(N)O3)c1. The lowest BCUT2D eigenvalue weighted by Crippen LogP contribution is -2.21. The highest BCUT2D eigenvalue weighted by atomic mass is 16.6. The summed E-state index contributed by atoms with van der Waals surface area (Å²) in [5, 5.41) is 28.1. The van der Waals surface area contributed by atoms with Crippen molar-refractivity contribution >= 4 is 5.69 Å². The fourth-order valence-corrected chi connectivity index (χ4v) is 3.39. The molecule has 0 saturated heterocycles. The van der Waals surface area contributed by atoms with Crippen molar-refractivity contribution < 1.29 is 14.4 Å². The molecule has 2 heterocycles. The number of benzene rings is 2. The maximum Gasteiger partial charge on any atom is 0.269 e. The predicted molar refractivity (Wildman–Crippen MR) is 103 cm³/mol. The summed E-state index contributed by atoms with van der Waals surface area (Å²) in [7, 11) is 1.56. The molecule has 3 N–H and O–H groups in total. The van der Waals surface area contributed by atoms with Crippen molar-refractivity contribution in [3.05, 3.63) is 81.2 Å². The molecule has 2 aromatic carbocycles. The van der Waals surface area contributed by atoms with Crippen LogP contribution in [-0.2, 0) is 0 Å². The second-order valence-corrected chi connectivity index (χ2v) is 6.33. The highest BCUT2D eigenvalue weighted by Gasteiger charge is 2.36. The Balaban J connectivity index is 1.94. The van der Waals surface area contributed by atoms with Crippen molar-refractivity contribution in [1.29, 1.82) is 5.26 Å². The van der Waals surface area contributed by atoms with Crippen LogP contribution in [0.3, 0.4) is 0 Å². The van der Waals surface area contributed by atoms with Gasteiger partial charge in [0, 0.05) is 17.7 Å². The topological polar surface area (TPSA) is 140 Å². The quantitative estimate of drug-likeness (QED) is 0.515. The Morgan fingerprint density at radius 2 is 2.10 bits per heavy atom. The molecule has 0 aliphatic carbocycles. The van der Waals surface area contributed by atoms with Crippen molar-refractivity contribution in [2.45, 2.75) is 5.92 Å². The number of rotatable bonds is 4. The number of nitriles is 1. The molecule has 0 saturated carbocycles. The van der Waals surface area contributed by atoms with Crippen LogP contribution in [0.1, 0.15) is 17.0 Å². The van der Waals surface area contributed by atoms with Gasteiger partial charge in [0.1, 0.15) is 17.4 Å². The van der Waals surface area contributed by atoms with Crippen molar-refractivity contribution in [2.75, 3.05) is 7.11 Å². The largest absolute Gasteiger partial charge is 0.497 e. The summed E-state index contributed by atoms with van der Waals surface area (Å²) >= 11 is 0. The molecule has 0 unspecified atom stereocenters. The zero-order valence-corrected chi connectivity index (χ0v) is 15.2. The van der Waals surface area contributed by atoms with Crippen LogP contribution >= 0.6 is 0 Å². The van der Waals surface area contributed by atoms with Crippen molar-refractivity contribution in [2.24, 2.45) is 5.73 Å². The molecule has 1 aliphatic rings. The molecule has 9 nitrogen and oxygen atoms in total. The minimum absolute atomic E-state index is 0.0831. The third kappa shape index (κ3) is 3.02. The Morgan fingerprint density at radius 3 is 2.83 bits per heavy atom. The van der Waals surface area contributed by atoms with Crippen LogP contribution in [0.15, 0.2) is 60.0 Å². The van der Waals surface area contributed by atoms with Gasteiger partial charge in [0.15, 0.2) is 0 Å². The summed E-state index contributed by atoms with van der Waals surface area (Å²) in [6.07, 6.45) is 0. The van der Waals surface area contributed by atoms with Crippen LogP contribution < -0.4 is 15.2 Å². The van der Waals surface area contributed by atoms with Crippen molar-refractivity contribution in [1.82, 2.24) is 10.2 Å². The van der Waals surface area contributed by atoms with Gasteiger partial charge in [-0.15, -0.1) is 5.10 Å². The first-order chi connectivity index (χ1) is 14.0. The molecule has 0 spiro atoms. The molecule has 1 atom stereocenters. The summed E-state index contributed by atoms with van der Waals surface area (Å²) < 4.78 is 10.8. The van der Waals surface area contributed by atoms with Gasteiger partial charge in [0.25, 0.3) is 5.69 Å². The lowest BCUT2D eigenvalue weighted by molar-refractivity contribution is -0.384. The van der Waals surface area contributed by atoms with Crippen molar-refractivity contribution in [3.8, 4) is 29.0 Å². The average Bonchev–Trinajstić information content (AvgIpc) is 3.16. The standard InChI is InChI=1S/C20H15N5O4/c1-28-14-7-3-5-12(9-14)18-17-16(11-4-2-6-13(8-11)25(26)27)15(10-21)19(22)29-20(17)24-23-18/h2-9,16H,22H2,1H3,(H,23,24)/t16-/m1/s1. The normalized spacial score (nSPS) is 15.2. The number of H-pyrrole nitrogens is 1. The highest BCUT2D eigenvalue weighted by molar-refractivity contribution is 5.72. The summed E-state index contributed by atoms with van der Waals surface area (Å²) in [6.45, 7) is 0. The van der Waals surface area contributed by atoms with Crippen LogP contribution in [0, 0.1) is 21.4 Å². The number of non-ortho nitro benzene ring substituents is 1. The third-order valence-corrected chi connectivity index (χ3v) is 4.71. The Morgan fingerprint density at radius 1 is 1.31 bits per heavy atom. The monoisotopic (exact) mass is 389 g/mol. The van der Waals surface area contributed by atoms with Crippen LogP contribution in [0.5, 0.6) is 11.6 Å². The Bertz CT molecular complexity index is 1190. The molecule has 1 aliphatic heterocycles. The first-order valence-corrected chi connectivity index (χ1v) is 8.58. The van der Waals surface area contributed by atoms with E-state index in [4.69, 9.17) is 15.2 Å². The third-order valence-electron chi connectivity index (χ3n) is 4.71. The van der Waals surface area contributed by atoms with E-state index in [1.165, 1.54) is 12.1 Å². The molecular formula is C20H15N5O4. The zero-order valence-electron chi connectivity index (χ0n) is 15.2. The number of nitro benzene ring substituents is 1. The number of allylic oxidation sites excluding steroid dienone is 1. The predicted octanol–water partition coefficient (Wildman–Crippen LogP) is 3.21. The minimum atomic E-state index is -0.677. The molecule has 0 amide bonds. The van der Waals surface area contributed by atoms with E-state index in [0.717, 1.165) is 5.56 Å². The summed E-state index contributed by atoms with van der Waals surface area (Å²) in [6, 6.07) is 15.5. The summed E-state index contributed by atoms with van der Waals surface area (Å²) in [5.41, 5.74) is 8.50. The Hall–Kier alpha value is -4.32. The minimum Gasteiger partial charge on any atom is -0.497 e. The van der Waals surface area contributed by atoms with Crippen LogP contribution in [0.2, 0.25) is 0 Å². The fourth-order valence-electron chi connectivity index (χ4n) is 3.39. The number of ether oxygens (including phenoxy) is 2. The maximum absolute atomic E-state index is 11.3. The number of nitrogens with two attached hydrogens (primary N) is 1. The molecule has 3 aromatic rings. The van der Waals surface area contributed by atoms with Gasteiger partial charge in [-0.25, -0.2) is 0 Å². The van der Waals surface area contributed by atoms with Gasteiger partial charge < -0.3 is 15.2 Å². The smallest absolute Gasteiger partial charge is 0.269 e. The molecule has 144 valence electrons. The first-order valence-electron chi connectivity index (χ1n) is 8.58. The lowest BCUT2D eigenvalue weighted by Gasteiger charge is -2.24. The number of fused-ring (bicyclic) bond motifs is 1. The first kappa shape index (κ1) is 18.1. The zero-order chi connectivity index (χ0) is 20.5. The van der Waals surface area contributed by atoms with Crippen molar-refractivity contribution in [3.63, 3.8) is 0 Å². The average molecular weight is 389 g/mol. The van der Waals surface area contributed by atoms with E-state index in [1.807, 2.05) is 18.2 Å². The number of hydrogen-bond acceptors (Lipinski definition) is 7. The molecule has 0 bridgehead atoms. The van der Waals surface area contributed by atoms with Gasteiger partial charge in [-0.1, -0.05) is 24.3 Å². The highest BCUT2D eigenvalue weighted by Crippen LogP contribution is 2.46. The molecular weight excluding hydrogens is 374 g/mol. The van der Waals surface area contributed by atoms with E-state index in [-0.39, 0.29) is 23.0 Å². The molecule has 0 radical (unpaired) electrons. The Kier molecular flexibility index (Phi) is 4.37. The second-order valence-electron chi connectivity index (χ2n) is 6.33. The number of aromatic nitrogens is 2. The second kappa shape index (κ2) is 7.01. The van der Waals surface area contributed by atoms with Gasteiger partial charge in [-0.3, -0.25) is 15.2 Å². The van der Waals surface area contributed by atoms with Gasteiger partial charge >= 0.3 is 0 Å². The van der Waals surface area contributed by atoms with Gasteiger partial charge in [-0.2, -0.15) is 5.26 Å². The Labute approximate surface area is 165 Å². The number of methoxy groups -OCH3 is 1. The van der Waals surface area contributed by atoms with E-state index < -0.39 is 10.8 Å². The van der Waals surface area contributed by atoms with Gasteiger partial charge in [0.05, 0.1) is 29.2 Å². The van der Waals surface area contributed by atoms with E-state index in [2.05, 4.69) is 16.3 Å². The summed E-state index contributed by atoms with van der Waals surface area (Å²) in [5.74, 6) is 0.102. The number of aromatic amines is 1. The van der Waals surface area contributed by atoms with Crippen LogP contribution in [-0.4, -0.2) is 22.2 Å². The van der Waals surface area contributed by atoms with E-state index in [0.29, 0.717) is 22.6 Å². The number of nitro groups is 1. The number of nitrogens with zero attached hydrogens (tertiary/aromatic N) is 3. The van der Waals surface area contributed by atoms with E-state index >= 15 is 0 Å². The van der Waals surface area contributed by atoms with Gasteiger partial charge in [0.2, 0.25) is 11.8 Å². The van der Waals surface area contributed by atoms with Crippen LogP contribution in [0.4, 0.5) is 5.69 Å². The van der Waals surface area contributed by atoms with Gasteiger partial charge in [-0.05, 0) is 17.7 Å².